The number of halogens is 2. The lowest BCUT2D eigenvalue weighted by Gasteiger charge is -2.58. The van der Waals surface area contributed by atoms with Gasteiger partial charge in [0, 0.05) is 18.3 Å². The maximum atomic E-state index is 15.3. The third kappa shape index (κ3) is 2.90. The topological polar surface area (TPSA) is 57.5 Å². The van der Waals surface area contributed by atoms with Crippen molar-refractivity contribution in [3.05, 3.63) is 0 Å². The zero-order valence-corrected chi connectivity index (χ0v) is 16.6. The summed E-state index contributed by atoms with van der Waals surface area (Å²) in [5.41, 5.74) is -1.16. The van der Waals surface area contributed by atoms with E-state index in [0.717, 1.165) is 25.7 Å². The van der Waals surface area contributed by atoms with Gasteiger partial charge in [-0.2, -0.15) is 0 Å². The minimum absolute atomic E-state index is 0.00252. The molecule has 0 heterocycles. The first-order valence-corrected chi connectivity index (χ1v) is 10.9. The number of ketones is 1. The summed E-state index contributed by atoms with van der Waals surface area (Å²) in [7, 11) is 0. The van der Waals surface area contributed by atoms with Crippen molar-refractivity contribution in [1.82, 2.24) is 0 Å². The number of alkyl halides is 2. The van der Waals surface area contributed by atoms with Crippen LogP contribution in [0.5, 0.6) is 0 Å². The van der Waals surface area contributed by atoms with Gasteiger partial charge in [-0.25, -0.2) is 8.78 Å². The van der Waals surface area contributed by atoms with Crippen LogP contribution in [-0.2, 0) is 4.79 Å². The summed E-state index contributed by atoms with van der Waals surface area (Å²) in [6.07, 6.45) is 5.42. The quantitative estimate of drug-likeness (QED) is 0.767. The van der Waals surface area contributed by atoms with Crippen LogP contribution < -0.4 is 0 Å². The summed E-state index contributed by atoms with van der Waals surface area (Å²) in [6.45, 7) is 3.57. The molecular weight excluding hydrogens is 350 g/mol. The molecule has 4 aliphatic carbocycles. The molecule has 0 aliphatic heterocycles. The van der Waals surface area contributed by atoms with E-state index in [1.54, 1.807) is 0 Å². The average Bonchev–Trinajstić information content (AvgIpc) is 2.99. The third-order valence-electron chi connectivity index (χ3n) is 9.36. The summed E-state index contributed by atoms with van der Waals surface area (Å²) >= 11 is 0. The first-order valence-electron chi connectivity index (χ1n) is 10.9. The maximum absolute atomic E-state index is 15.3. The van der Waals surface area contributed by atoms with E-state index >= 15 is 8.78 Å². The van der Waals surface area contributed by atoms with Crippen molar-refractivity contribution in [3.8, 4) is 0 Å². The summed E-state index contributed by atoms with van der Waals surface area (Å²) in [5, 5.41) is 20.0. The van der Waals surface area contributed by atoms with Crippen LogP contribution >= 0.6 is 0 Å². The van der Waals surface area contributed by atoms with E-state index in [4.69, 9.17) is 0 Å². The highest BCUT2D eigenvalue weighted by Gasteiger charge is 2.64. The molecule has 4 fully saturated rings. The Morgan fingerprint density at radius 3 is 2.37 bits per heavy atom. The van der Waals surface area contributed by atoms with Gasteiger partial charge in [0.1, 0.15) is 6.61 Å². The lowest BCUT2D eigenvalue weighted by molar-refractivity contribution is -0.212. The fourth-order valence-electron chi connectivity index (χ4n) is 7.84. The molecule has 4 saturated carbocycles. The number of hydrogen-bond donors (Lipinski definition) is 2. The second-order valence-electron chi connectivity index (χ2n) is 10.3. The van der Waals surface area contributed by atoms with Crippen LogP contribution in [0.4, 0.5) is 8.78 Å². The van der Waals surface area contributed by atoms with Crippen molar-refractivity contribution in [2.45, 2.75) is 83.2 Å². The molecule has 27 heavy (non-hydrogen) atoms. The lowest BCUT2D eigenvalue weighted by Crippen LogP contribution is -2.57. The first-order chi connectivity index (χ1) is 12.6. The molecule has 5 heteroatoms. The van der Waals surface area contributed by atoms with Crippen molar-refractivity contribution >= 4 is 5.78 Å². The SMILES string of the molecule is CC[C@]1(O)CC[C@@H]2[C@H]3CC[C@]4(C)[C@@H](C(=O)CO)CC[C@H]4[C@@H]3CC(F)(F)[C@@H]2C1. The van der Waals surface area contributed by atoms with Crippen molar-refractivity contribution in [3.63, 3.8) is 0 Å². The highest BCUT2D eigenvalue weighted by Crippen LogP contribution is 2.67. The molecule has 0 unspecified atom stereocenters. The monoisotopic (exact) mass is 384 g/mol. The fraction of sp³-hybridized carbons (Fsp3) is 0.955. The summed E-state index contributed by atoms with van der Waals surface area (Å²) in [4.78, 5) is 12.3. The van der Waals surface area contributed by atoms with Crippen LogP contribution in [0.2, 0.25) is 0 Å². The van der Waals surface area contributed by atoms with Gasteiger partial charge in [0.05, 0.1) is 5.60 Å². The molecule has 0 amide bonds. The normalized spacial score (nSPS) is 51.2. The smallest absolute Gasteiger partial charge is 0.251 e. The number of hydrogen-bond acceptors (Lipinski definition) is 3. The molecule has 0 aromatic carbocycles. The zero-order valence-electron chi connectivity index (χ0n) is 16.6. The van der Waals surface area contributed by atoms with E-state index < -0.39 is 24.0 Å². The number of Topliss-reactive ketones (excluding diaryl/α,β-unsaturated/α-hetero) is 1. The highest BCUT2D eigenvalue weighted by molar-refractivity contribution is 5.83. The van der Waals surface area contributed by atoms with Gasteiger partial charge in [-0.3, -0.25) is 4.79 Å². The molecule has 0 saturated heterocycles. The molecule has 0 spiro atoms. The van der Waals surface area contributed by atoms with Crippen LogP contribution in [0, 0.1) is 40.9 Å². The van der Waals surface area contributed by atoms with Crippen LogP contribution in [-0.4, -0.2) is 34.1 Å². The Labute approximate surface area is 160 Å². The maximum Gasteiger partial charge on any atom is 0.251 e. The van der Waals surface area contributed by atoms with Gasteiger partial charge in [-0.05, 0) is 80.5 Å². The van der Waals surface area contributed by atoms with E-state index in [0.29, 0.717) is 25.2 Å². The zero-order chi connectivity index (χ0) is 19.6. The fourth-order valence-corrected chi connectivity index (χ4v) is 7.84. The van der Waals surface area contributed by atoms with Gasteiger partial charge in [-0.15, -0.1) is 0 Å². The van der Waals surface area contributed by atoms with Crippen LogP contribution in [0.15, 0.2) is 0 Å². The molecule has 0 aromatic heterocycles. The van der Waals surface area contributed by atoms with Crippen molar-refractivity contribution in [2.75, 3.05) is 6.61 Å². The Balaban J connectivity index is 1.61. The highest BCUT2D eigenvalue weighted by atomic mass is 19.3. The van der Waals surface area contributed by atoms with Gasteiger partial charge in [0.25, 0.3) is 5.92 Å². The number of fused-ring (bicyclic) bond motifs is 5. The second-order valence-corrected chi connectivity index (χ2v) is 10.3. The Morgan fingerprint density at radius 2 is 1.70 bits per heavy atom. The number of aliphatic hydroxyl groups is 2. The van der Waals surface area contributed by atoms with E-state index in [1.165, 1.54) is 0 Å². The standard InChI is InChI=1S/C22H34F2O3/c1-3-21(27)9-7-14-13-6-8-20(2)16(4-5-17(20)19(26)12-25)15(13)10-22(23,24)18(14)11-21/h13-18,25,27H,3-12H2,1-2H3/t13-,14-,15-,16+,17-,18-,20+,21+/m1/s1. The number of rotatable bonds is 3. The molecule has 2 N–H and O–H groups in total. The molecule has 4 rings (SSSR count). The first kappa shape index (κ1) is 19.8. The molecule has 3 nitrogen and oxygen atoms in total. The Bertz CT molecular complexity index is 608. The predicted molar refractivity (Wildman–Crippen MR) is 98.3 cm³/mol. The van der Waals surface area contributed by atoms with Crippen molar-refractivity contribution in [2.24, 2.45) is 40.9 Å². The summed E-state index contributed by atoms with van der Waals surface area (Å²) in [5.74, 6) is -3.26. The van der Waals surface area contributed by atoms with Gasteiger partial charge >= 0.3 is 0 Å². The van der Waals surface area contributed by atoms with Crippen LogP contribution in [0.3, 0.4) is 0 Å². The van der Waals surface area contributed by atoms with Crippen LogP contribution in [0.1, 0.15) is 71.6 Å². The van der Waals surface area contributed by atoms with E-state index in [1.807, 2.05) is 6.92 Å². The minimum atomic E-state index is -2.73. The number of aliphatic hydroxyl groups excluding tert-OH is 1. The largest absolute Gasteiger partial charge is 0.390 e. The molecule has 0 aromatic rings. The van der Waals surface area contributed by atoms with Crippen molar-refractivity contribution < 1.29 is 23.8 Å². The molecule has 154 valence electrons. The summed E-state index contributed by atoms with van der Waals surface area (Å²) < 4.78 is 30.6. The van der Waals surface area contributed by atoms with Crippen molar-refractivity contribution in [1.29, 1.82) is 0 Å². The molecule has 8 atom stereocenters. The minimum Gasteiger partial charge on any atom is -0.390 e. The number of carbonyl (C=O) groups excluding carboxylic acids is 1. The molecule has 0 radical (unpaired) electrons. The second kappa shape index (κ2) is 6.48. The Hall–Kier alpha value is -0.550. The van der Waals surface area contributed by atoms with Gasteiger partial charge < -0.3 is 10.2 Å². The average molecular weight is 385 g/mol. The van der Waals surface area contributed by atoms with E-state index in [9.17, 15) is 15.0 Å². The molecule has 0 bridgehead atoms. The predicted octanol–water partition coefficient (Wildman–Crippen LogP) is 4.20. The summed E-state index contributed by atoms with van der Waals surface area (Å²) in [6, 6.07) is 0. The Morgan fingerprint density at radius 1 is 1.00 bits per heavy atom. The van der Waals surface area contributed by atoms with E-state index in [2.05, 4.69) is 6.92 Å². The van der Waals surface area contributed by atoms with Gasteiger partial charge in [-0.1, -0.05) is 13.8 Å². The van der Waals surface area contributed by atoms with Gasteiger partial charge in [0.2, 0.25) is 0 Å². The third-order valence-corrected chi connectivity index (χ3v) is 9.36. The molecular formula is C22H34F2O3. The molecule has 4 aliphatic rings. The Kier molecular flexibility index (Phi) is 4.74. The van der Waals surface area contributed by atoms with Crippen LogP contribution in [0.25, 0.3) is 0 Å². The lowest BCUT2D eigenvalue weighted by atomic mass is 9.48. The van der Waals surface area contributed by atoms with E-state index in [-0.39, 0.29) is 47.7 Å². The number of carbonyl (C=O) groups is 1. The van der Waals surface area contributed by atoms with Gasteiger partial charge in [0.15, 0.2) is 5.78 Å².